The minimum Gasteiger partial charge on any atom is -0.383 e. The lowest BCUT2D eigenvalue weighted by Crippen LogP contribution is -2.38. The van der Waals surface area contributed by atoms with Gasteiger partial charge in [-0.1, -0.05) is 18.2 Å². The largest absolute Gasteiger partial charge is 0.383 e. The van der Waals surface area contributed by atoms with E-state index in [0.717, 1.165) is 29.1 Å². The van der Waals surface area contributed by atoms with Crippen molar-refractivity contribution in [3.8, 4) is 5.69 Å². The zero-order valence-corrected chi connectivity index (χ0v) is 17.1. The highest BCUT2D eigenvalue weighted by molar-refractivity contribution is 5.97. The molecule has 2 aromatic carbocycles. The normalized spacial score (nSPS) is 11.3. The maximum Gasteiger partial charge on any atom is 0.254 e. The van der Waals surface area contributed by atoms with Gasteiger partial charge >= 0.3 is 0 Å². The van der Waals surface area contributed by atoms with Crippen molar-refractivity contribution in [2.24, 2.45) is 0 Å². The zero-order chi connectivity index (χ0) is 20.1. The summed E-state index contributed by atoms with van der Waals surface area (Å²) in [5.41, 5.74) is 3.54. The fraction of sp³-hybridized carbons (Fsp3) is 0.364. The molecule has 1 aromatic heterocycles. The van der Waals surface area contributed by atoms with Crippen molar-refractivity contribution in [3.63, 3.8) is 0 Å². The Balaban J connectivity index is 1.91. The molecule has 0 aliphatic carbocycles. The van der Waals surface area contributed by atoms with Gasteiger partial charge < -0.3 is 14.5 Å². The summed E-state index contributed by atoms with van der Waals surface area (Å²) in [5.74, 6) is 0.905. The van der Waals surface area contributed by atoms with Crippen LogP contribution in [-0.2, 0) is 4.74 Å². The van der Waals surface area contributed by atoms with Gasteiger partial charge in [-0.3, -0.25) is 9.36 Å². The van der Waals surface area contributed by atoms with Crippen LogP contribution < -0.4 is 0 Å². The highest BCUT2D eigenvalue weighted by atomic mass is 16.5. The fourth-order valence-corrected chi connectivity index (χ4v) is 3.26. The lowest BCUT2D eigenvalue weighted by atomic mass is 10.1. The average molecular weight is 380 g/mol. The molecule has 0 fully saturated rings. The molecule has 6 nitrogen and oxygen atoms in total. The number of nitrogens with zero attached hydrogens (tertiary/aromatic N) is 4. The average Bonchev–Trinajstić information content (AvgIpc) is 3.03. The summed E-state index contributed by atoms with van der Waals surface area (Å²) < 4.78 is 7.29. The smallest absolute Gasteiger partial charge is 0.254 e. The number of imidazole rings is 1. The van der Waals surface area contributed by atoms with Gasteiger partial charge in [-0.2, -0.15) is 0 Å². The van der Waals surface area contributed by atoms with Gasteiger partial charge in [0.25, 0.3) is 5.91 Å². The second-order valence-electron chi connectivity index (χ2n) is 7.12. The van der Waals surface area contributed by atoms with Crippen LogP contribution in [0.2, 0.25) is 0 Å². The molecule has 6 heteroatoms. The first-order valence-electron chi connectivity index (χ1n) is 9.48. The first kappa shape index (κ1) is 20.0. The van der Waals surface area contributed by atoms with Crippen molar-refractivity contribution in [2.75, 3.05) is 47.4 Å². The van der Waals surface area contributed by atoms with Crippen LogP contribution in [0.3, 0.4) is 0 Å². The Morgan fingerprint density at radius 2 is 1.82 bits per heavy atom. The standard InChI is InChI=1S/C22H28N4O2/c1-17-23-20-16-18(22(27)25(14-15-28-4)13-12-24(2)3)10-11-21(20)26(17)19-8-6-5-7-9-19/h5-11,16H,12-15H2,1-4H3. The summed E-state index contributed by atoms with van der Waals surface area (Å²) in [6.07, 6.45) is 0. The molecular formula is C22H28N4O2. The number of aryl methyl sites for hydroxylation is 1. The number of amides is 1. The predicted octanol–water partition coefficient (Wildman–Crippen LogP) is 2.98. The maximum atomic E-state index is 13.1. The van der Waals surface area contributed by atoms with Crippen molar-refractivity contribution in [3.05, 3.63) is 59.9 Å². The predicted molar refractivity (Wildman–Crippen MR) is 112 cm³/mol. The molecule has 1 amide bonds. The maximum absolute atomic E-state index is 13.1. The number of rotatable bonds is 8. The van der Waals surface area contributed by atoms with Gasteiger partial charge in [0.1, 0.15) is 5.82 Å². The summed E-state index contributed by atoms with van der Waals surface area (Å²) in [6, 6.07) is 15.9. The number of benzene rings is 2. The monoisotopic (exact) mass is 380 g/mol. The van der Waals surface area contributed by atoms with Crippen LogP contribution in [0.4, 0.5) is 0 Å². The second kappa shape index (κ2) is 8.99. The van der Waals surface area contributed by atoms with Crippen LogP contribution in [0.25, 0.3) is 16.7 Å². The molecule has 1 heterocycles. The number of carbonyl (C=O) groups excluding carboxylic acids is 1. The van der Waals surface area contributed by atoms with Gasteiger partial charge in [0, 0.05) is 38.0 Å². The van der Waals surface area contributed by atoms with Crippen LogP contribution in [0.15, 0.2) is 48.5 Å². The van der Waals surface area contributed by atoms with Crippen molar-refractivity contribution < 1.29 is 9.53 Å². The summed E-state index contributed by atoms with van der Waals surface area (Å²) in [5, 5.41) is 0. The van der Waals surface area contributed by atoms with E-state index in [-0.39, 0.29) is 5.91 Å². The minimum absolute atomic E-state index is 0.00714. The van der Waals surface area contributed by atoms with Crippen LogP contribution in [0.5, 0.6) is 0 Å². The molecule has 0 radical (unpaired) electrons. The molecule has 3 rings (SSSR count). The number of para-hydroxylation sites is 1. The second-order valence-corrected chi connectivity index (χ2v) is 7.12. The summed E-state index contributed by atoms with van der Waals surface area (Å²) in [7, 11) is 5.66. The lowest BCUT2D eigenvalue weighted by molar-refractivity contribution is 0.0683. The molecular weight excluding hydrogens is 352 g/mol. The number of carbonyl (C=O) groups is 1. The highest BCUT2D eigenvalue weighted by Gasteiger charge is 2.18. The summed E-state index contributed by atoms with van der Waals surface area (Å²) in [6.45, 7) is 4.53. The highest BCUT2D eigenvalue weighted by Crippen LogP contribution is 2.22. The third kappa shape index (κ3) is 4.40. The Kier molecular flexibility index (Phi) is 6.44. The summed E-state index contributed by atoms with van der Waals surface area (Å²) in [4.78, 5) is 21.7. The Morgan fingerprint density at radius 1 is 1.07 bits per heavy atom. The first-order chi connectivity index (χ1) is 13.5. The van der Waals surface area contributed by atoms with Crippen molar-refractivity contribution in [1.29, 1.82) is 0 Å². The molecule has 0 N–H and O–H groups in total. The van der Waals surface area contributed by atoms with Gasteiger partial charge in [0.05, 0.1) is 17.6 Å². The van der Waals surface area contributed by atoms with Gasteiger partial charge in [-0.05, 0) is 51.4 Å². The third-order valence-corrected chi connectivity index (χ3v) is 4.75. The molecule has 3 aromatic rings. The number of hydrogen-bond acceptors (Lipinski definition) is 4. The van der Waals surface area contributed by atoms with Crippen molar-refractivity contribution in [2.45, 2.75) is 6.92 Å². The van der Waals surface area contributed by atoms with E-state index in [1.165, 1.54) is 0 Å². The van der Waals surface area contributed by atoms with E-state index in [1.54, 1.807) is 7.11 Å². The van der Waals surface area contributed by atoms with E-state index < -0.39 is 0 Å². The minimum atomic E-state index is 0.00714. The number of methoxy groups -OCH3 is 1. The topological polar surface area (TPSA) is 50.6 Å². The van der Waals surface area contributed by atoms with Crippen LogP contribution in [0.1, 0.15) is 16.2 Å². The molecule has 0 unspecified atom stereocenters. The van der Waals surface area contributed by atoms with Gasteiger partial charge in [-0.25, -0.2) is 4.98 Å². The number of aromatic nitrogens is 2. The molecule has 0 aliphatic rings. The number of hydrogen-bond donors (Lipinski definition) is 0. The Bertz CT molecular complexity index is 934. The Labute approximate surface area is 166 Å². The SMILES string of the molecule is COCCN(CCN(C)C)C(=O)c1ccc2c(c1)nc(C)n2-c1ccccc1. The molecule has 0 spiro atoms. The number of fused-ring (bicyclic) bond motifs is 1. The van der Waals surface area contributed by atoms with E-state index in [1.807, 2.05) is 62.3 Å². The molecule has 0 saturated carbocycles. The van der Waals surface area contributed by atoms with Gasteiger partial charge in [0.2, 0.25) is 0 Å². The molecule has 148 valence electrons. The quantitative estimate of drug-likeness (QED) is 0.603. The molecule has 28 heavy (non-hydrogen) atoms. The van der Waals surface area contributed by atoms with Gasteiger partial charge in [0.15, 0.2) is 0 Å². The van der Waals surface area contributed by atoms with Gasteiger partial charge in [-0.15, -0.1) is 0 Å². The molecule has 0 atom stereocenters. The van der Waals surface area contributed by atoms with Crippen LogP contribution in [-0.4, -0.2) is 72.7 Å². The zero-order valence-electron chi connectivity index (χ0n) is 17.1. The van der Waals surface area contributed by atoms with Crippen LogP contribution in [0, 0.1) is 6.92 Å². The van der Waals surface area contributed by atoms with Crippen molar-refractivity contribution >= 4 is 16.9 Å². The van der Waals surface area contributed by atoms with E-state index >= 15 is 0 Å². The third-order valence-electron chi connectivity index (χ3n) is 4.75. The Morgan fingerprint density at radius 3 is 2.50 bits per heavy atom. The van der Waals surface area contributed by atoms with E-state index in [4.69, 9.17) is 4.74 Å². The molecule has 0 aliphatic heterocycles. The van der Waals surface area contributed by atoms with E-state index in [2.05, 4.69) is 26.6 Å². The molecule has 0 bridgehead atoms. The van der Waals surface area contributed by atoms with Crippen molar-refractivity contribution in [1.82, 2.24) is 19.4 Å². The lowest BCUT2D eigenvalue weighted by Gasteiger charge is -2.24. The van der Waals surface area contributed by atoms with Crippen LogP contribution >= 0.6 is 0 Å². The van der Waals surface area contributed by atoms with E-state index in [0.29, 0.717) is 25.3 Å². The van der Waals surface area contributed by atoms with E-state index in [9.17, 15) is 4.79 Å². The summed E-state index contributed by atoms with van der Waals surface area (Å²) >= 11 is 0. The first-order valence-corrected chi connectivity index (χ1v) is 9.48. The molecule has 0 saturated heterocycles. The fourth-order valence-electron chi connectivity index (χ4n) is 3.26. The number of ether oxygens (including phenoxy) is 1. The Hall–Kier alpha value is -2.70. The number of likely N-dealkylation sites (N-methyl/N-ethyl adjacent to an activating group) is 1.